The average molecular weight is 659 g/mol. The zero-order valence-electron chi connectivity index (χ0n) is 22.0. The molecule has 1 N–H and O–H groups in total. The zero-order valence-corrected chi connectivity index (χ0v) is 26.0. The lowest BCUT2D eigenvalue weighted by atomic mass is 10.1. The molecule has 0 aliphatic heterocycles. The number of carbonyl (C=O) groups is 2. The molecule has 1 unspecified atom stereocenters. The van der Waals surface area contributed by atoms with Crippen LogP contribution in [0.25, 0.3) is 0 Å². The van der Waals surface area contributed by atoms with Gasteiger partial charge in [-0.1, -0.05) is 37.0 Å². The van der Waals surface area contributed by atoms with E-state index in [1.165, 1.54) is 32.1 Å². The van der Waals surface area contributed by atoms with Crippen LogP contribution < -0.4 is 5.32 Å². The van der Waals surface area contributed by atoms with E-state index < -0.39 is 59.5 Å². The molecule has 222 valence electrons. The van der Waals surface area contributed by atoms with Crippen LogP contribution in [-0.4, -0.2) is 49.9 Å². The lowest BCUT2D eigenvalue weighted by molar-refractivity contribution is -0.147. The highest BCUT2D eigenvalue weighted by molar-refractivity contribution is 8.55. The van der Waals surface area contributed by atoms with Crippen molar-refractivity contribution < 1.29 is 45.5 Å². The molecule has 2 rings (SSSR count). The maximum absolute atomic E-state index is 13.5. The molecule has 0 radical (unpaired) electrons. The standard InChI is InChI=1S/C15H12Cl2F4O2.C8H18NO4PS2/c1-15(2)7(3-10(16)17)11(15)14(22)23-5-6-12(20)8(18)4-9(19)13(6)21;1-7(8(10)9-2)15-5-6-16-14(11,12-3)13-4/h3-4,7,11H,5H2,1-2H3;7H,5-6H2,1-4H3,(H,9,10)/t7-,11+;/m1./s1. The van der Waals surface area contributed by atoms with E-state index in [1.807, 2.05) is 6.92 Å². The summed E-state index contributed by atoms with van der Waals surface area (Å²) in [6.07, 6.45) is 1.47. The quantitative estimate of drug-likeness (QED) is 0.0857. The van der Waals surface area contributed by atoms with Crippen molar-refractivity contribution in [1.82, 2.24) is 5.32 Å². The van der Waals surface area contributed by atoms with Crippen LogP contribution in [0.1, 0.15) is 26.3 Å². The van der Waals surface area contributed by atoms with Gasteiger partial charge < -0.3 is 19.1 Å². The number of thioether (sulfide) groups is 1. The summed E-state index contributed by atoms with van der Waals surface area (Å²) < 4.78 is 79.1. The fourth-order valence-corrected chi connectivity index (χ4v) is 7.52. The predicted octanol–water partition coefficient (Wildman–Crippen LogP) is 6.87. The summed E-state index contributed by atoms with van der Waals surface area (Å²) in [6.45, 7) is 1.48. The predicted molar refractivity (Wildman–Crippen MR) is 147 cm³/mol. The molecule has 0 bridgehead atoms. The molecular formula is C23H30Cl2F4NO6PS2. The molecule has 39 heavy (non-hydrogen) atoms. The lowest BCUT2D eigenvalue weighted by Crippen LogP contribution is -2.27. The number of benzene rings is 1. The number of esters is 1. The molecule has 1 saturated carbocycles. The molecule has 7 nitrogen and oxygen atoms in total. The van der Waals surface area contributed by atoms with Crippen molar-refractivity contribution >= 4 is 65.0 Å². The van der Waals surface area contributed by atoms with Crippen LogP contribution >= 0.6 is 53.1 Å². The number of halogens is 6. The Bertz CT molecular complexity index is 1080. The van der Waals surface area contributed by atoms with Crippen molar-refractivity contribution in [2.75, 3.05) is 32.8 Å². The molecule has 16 heteroatoms. The second-order valence-corrected chi connectivity index (χ2v) is 15.5. The highest BCUT2D eigenvalue weighted by Crippen LogP contribution is 2.60. The van der Waals surface area contributed by atoms with Crippen LogP contribution in [0, 0.1) is 40.5 Å². The molecule has 1 fully saturated rings. The highest BCUT2D eigenvalue weighted by atomic mass is 35.5. The minimum absolute atomic E-state index is 0.00309. The Balaban J connectivity index is 0.000000420. The summed E-state index contributed by atoms with van der Waals surface area (Å²) in [4.78, 5) is 23.2. The highest BCUT2D eigenvalue weighted by Gasteiger charge is 2.61. The molecule has 1 aromatic rings. The summed E-state index contributed by atoms with van der Waals surface area (Å²) in [5.74, 6) is -6.63. The molecule has 0 heterocycles. The Morgan fingerprint density at radius 1 is 1.13 bits per heavy atom. The van der Waals surface area contributed by atoms with Crippen molar-refractivity contribution in [2.24, 2.45) is 17.3 Å². The van der Waals surface area contributed by atoms with Gasteiger partial charge >= 0.3 is 12.8 Å². The minimum Gasteiger partial charge on any atom is -0.460 e. The number of ether oxygens (including phenoxy) is 1. The van der Waals surface area contributed by atoms with Gasteiger partial charge in [-0.3, -0.25) is 9.59 Å². The minimum atomic E-state index is -2.97. The summed E-state index contributed by atoms with van der Waals surface area (Å²) in [5, 5.41) is 2.47. The largest absolute Gasteiger partial charge is 0.460 e. The summed E-state index contributed by atoms with van der Waals surface area (Å²) >= 11 is 13.8. The normalized spacial score (nSPS) is 18.4. The van der Waals surface area contributed by atoms with Crippen LogP contribution in [0.5, 0.6) is 0 Å². The maximum atomic E-state index is 13.5. The smallest absolute Gasteiger partial charge is 0.388 e. The van der Waals surface area contributed by atoms with Crippen LogP contribution in [0.15, 0.2) is 16.6 Å². The van der Waals surface area contributed by atoms with E-state index in [4.69, 9.17) is 37.0 Å². The number of hydrogen-bond acceptors (Lipinski definition) is 8. The topological polar surface area (TPSA) is 90.9 Å². The Morgan fingerprint density at radius 2 is 1.67 bits per heavy atom. The van der Waals surface area contributed by atoms with Crippen molar-refractivity contribution in [3.63, 3.8) is 0 Å². The number of allylic oxidation sites excluding steroid dienone is 1. The van der Waals surface area contributed by atoms with E-state index in [9.17, 15) is 31.7 Å². The molecule has 3 atom stereocenters. The van der Waals surface area contributed by atoms with Crippen LogP contribution in [0.4, 0.5) is 17.6 Å². The average Bonchev–Trinajstić information content (AvgIpc) is 3.43. The van der Waals surface area contributed by atoms with Gasteiger partial charge in [-0.05, 0) is 35.7 Å². The third kappa shape index (κ3) is 10.4. The number of nitrogens with one attached hydrogen (secondary N) is 1. The maximum Gasteiger partial charge on any atom is 0.388 e. The molecule has 0 saturated heterocycles. The van der Waals surface area contributed by atoms with Gasteiger partial charge in [0.2, 0.25) is 5.91 Å². The summed E-state index contributed by atoms with van der Waals surface area (Å²) in [7, 11) is 4.33. The zero-order chi connectivity index (χ0) is 30.1. The first-order valence-electron chi connectivity index (χ1n) is 11.3. The van der Waals surface area contributed by atoms with Gasteiger partial charge in [-0.25, -0.2) is 22.1 Å². The fraction of sp³-hybridized carbons (Fsp3) is 0.565. The van der Waals surface area contributed by atoms with E-state index in [0.717, 1.165) is 17.1 Å². The van der Waals surface area contributed by atoms with Gasteiger partial charge in [0.1, 0.15) is 11.1 Å². The van der Waals surface area contributed by atoms with E-state index in [0.29, 0.717) is 5.75 Å². The van der Waals surface area contributed by atoms with Crippen molar-refractivity contribution in [1.29, 1.82) is 0 Å². The monoisotopic (exact) mass is 657 g/mol. The van der Waals surface area contributed by atoms with Gasteiger partial charge in [0.25, 0.3) is 0 Å². The van der Waals surface area contributed by atoms with Gasteiger partial charge in [0, 0.05) is 38.8 Å². The van der Waals surface area contributed by atoms with Crippen LogP contribution in [0.3, 0.4) is 0 Å². The van der Waals surface area contributed by atoms with Crippen molar-refractivity contribution in [3.8, 4) is 0 Å². The van der Waals surface area contributed by atoms with Crippen LogP contribution in [0.2, 0.25) is 0 Å². The number of rotatable bonds is 12. The summed E-state index contributed by atoms with van der Waals surface area (Å²) in [6, 6.07) is 0.0866. The van der Waals surface area contributed by atoms with Gasteiger partial charge in [0.05, 0.1) is 16.7 Å². The summed E-state index contributed by atoms with van der Waals surface area (Å²) in [5.41, 5.74) is -1.46. The second-order valence-electron chi connectivity index (χ2n) is 8.61. The van der Waals surface area contributed by atoms with Gasteiger partial charge in [0.15, 0.2) is 23.3 Å². The Morgan fingerprint density at radius 3 is 2.13 bits per heavy atom. The van der Waals surface area contributed by atoms with E-state index in [1.54, 1.807) is 20.9 Å². The first kappa shape index (κ1) is 36.1. The number of amides is 1. The van der Waals surface area contributed by atoms with E-state index in [2.05, 4.69) is 5.32 Å². The molecule has 1 amide bonds. The van der Waals surface area contributed by atoms with E-state index >= 15 is 0 Å². The second kappa shape index (κ2) is 15.9. The number of carbonyl (C=O) groups excluding carboxylic acids is 2. The van der Waals surface area contributed by atoms with E-state index in [-0.39, 0.29) is 27.6 Å². The van der Waals surface area contributed by atoms with Gasteiger partial charge in [-0.2, -0.15) is 0 Å². The molecular weight excluding hydrogens is 628 g/mol. The number of hydrogen-bond donors (Lipinski definition) is 1. The fourth-order valence-electron chi connectivity index (χ4n) is 3.39. The lowest BCUT2D eigenvalue weighted by Gasteiger charge is -2.13. The van der Waals surface area contributed by atoms with Gasteiger partial charge in [-0.15, -0.1) is 11.8 Å². The molecule has 1 aromatic carbocycles. The molecule has 1 aliphatic carbocycles. The molecule has 0 aromatic heterocycles. The molecule has 1 aliphatic rings. The van der Waals surface area contributed by atoms with Crippen molar-refractivity contribution in [2.45, 2.75) is 32.6 Å². The van der Waals surface area contributed by atoms with Crippen LogP contribution in [-0.2, 0) is 34.5 Å². The molecule has 0 spiro atoms. The first-order valence-corrected chi connectivity index (χ1v) is 16.2. The first-order chi connectivity index (χ1) is 18.1. The Labute approximate surface area is 243 Å². The Hall–Kier alpha value is -0.950. The third-order valence-electron chi connectivity index (χ3n) is 5.80. The SMILES string of the molecule is CC1(C)[C@H](C=C(Cl)Cl)[C@H]1C(=O)OCc1c(F)c(F)cc(F)c1F.CNC(=O)C(C)SCCSP(=O)(OC)OC. The Kier molecular flexibility index (Phi) is 14.7. The van der Waals surface area contributed by atoms with Crippen molar-refractivity contribution in [3.05, 3.63) is 45.5 Å². The third-order valence-corrected chi connectivity index (χ3v) is 11.4.